The number of aromatic amines is 1. The fourth-order valence-corrected chi connectivity index (χ4v) is 3.98. The standard InChI is InChI=1S/C22H21Cl2N3O3/c23-17-9-15(10-18(24)11-17)13-29-22(28)27-7-5-20(6-8-27)30-19-3-1-16(2-4-19)21-12-25-14-26-21/h1-4,9-12,14,20H,5-8,13H2,(H,25,26). The average molecular weight is 446 g/mol. The molecule has 30 heavy (non-hydrogen) atoms. The van der Waals surface area contributed by atoms with E-state index in [9.17, 15) is 4.79 Å². The second kappa shape index (κ2) is 9.41. The van der Waals surface area contributed by atoms with Gasteiger partial charge in [-0.1, -0.05) is 23.2 Å². The third kappa shape index (κ3) is 5.26. The van der Waals surface area contributed by atoms with Crippen molar-refractivity contribution in [3.63, 3.8) is 0 Å². The molecular formula is C22H21Cl2N3O3. The number of H-pyrrole nitrogens is 1. The molecule has 0 aliphatic carbocycles. The lowest BCUT2D eigenvalue weighted by atomic mass is 10.1. The van der Waals surface area contributed by atoms with Crippen molar-refractivity contribution in [1.82, 2.24) is 14.9 Å². The lowest BCUT2D eigenvalue weighted by Crippen LogP contribution is -2.42. The number of piperidine rings is 1. The molecule has 8 heteroatoms. The zero-order chi connectivity index (χ0) is 20.9. The summed E-state index contributed by atoms with van der Waals surface area (Å²) in [5.41, 5.74) is 2.78. The quantitative estimate of drug-likeness (QED) is 0.557. The Balaban J connectivity index is 1.24. The van der Waals surface area contributed by atoms with Crippen molar-refractivity contribution in [2.45, 2.75) is 25.6 Å². The molecule has 6 nitrogen and oxygen atoms in total. The summed E-state index contributed by atoms with van der Waals surface area (Å²) in [5.74, 6) is 0.817. The summed E-state index contributed by atoms with van der Waals surface area (Å²) >= 11 is 12.0. The Morgan fingerprint density at radius 3 is 2.43 bits per heavy atom. The van der Waals surface area contributed by atoms with Gasteiger partial charge in [0.1, 0.15) is 18.5 Å². The van der Waals surface area contributed by atoms with E-state index in [4.69, 9.17) is 32.7 Å². The van der Waals surface area contributed by atoms with E-state index in [1.807, 2.05) is 24.3 Å². The second-order valence-corrected chi connectivity index (χ2v) is 8.00. The van der Waals surface area contributed by atoms with Gasteiger partial charge in [-0.3, -0.25) is 0 Å². The summed E-state index contributed by atoms with van der Waals surface area (Å²) in [6.07, 6.45) is 4.67. The molecule has 1 aliphatic rings. The monoisotopic (exact) mass is 445 g/mol. The number of hydrogen-bond acceptors (Lipinski definition) is 4. The minimum Gasteiger partial charge on any atom is -0.490 e. The Morgan fingerprint density at radius 1 is 1.10 bits per heavy atom. The zero-order valence-electron chi connectivity index (χ0n) is 16.2. The first-order valence-corrected chi connectivity index (χ1v) is 10.4. The van der Waals surface area contributed by atoms with E-state index in [0.29, 0.717) is 23.1 Å². The van der Waals surface area contributed by atoms with Crippen molar-refractivity contribution in [1.29, 1.82) is 0 Å². The van der Waals surface area contributed by atoms with E-state index >= 15 is 0 Å². The maximum absolute atomic E-state index is 12.3. The van der Waals surface area contributed by atoms with Crippen LogP contribution in [0.4, 0.5) is 4.79 Å². The molecule has 1 aliphatic heterocycles. The highest BCUT2D eigenvalue weighted by Crippen LogP contribution is 2.24. The summed E-state index contributed by atoms with van der Waals surface area (Å²) in [6, 6.07) is 13.0. The van der Waals surface area contributed by atoms with Gasteiger partial charge in [0.2, 0.25) is 0 Å². The number of carbonyl (C=O) groups excluding carboxylic acids is 1. The van der Waals surface area contributed by atoms with Crippen LogP contribution in [0.25, 0.3) is 11.3 Å². The minimum absolute atomic E-state index is 0.0683. The highest BCUT2D eigenvalue weighted by atomic mass is 35.5. The first kappa shape index (κ1) is 20.6. The Bertz CT molecular complexity index is 965. The SMILES string of the molecule is O=C(OCc1cc(Cl)cc(Cl)c1)N1CCC(Oc2ccc(-c3cnc[nH]3)cc2)CC1. The average Bonchev–Trinajstić information content (AvgIpc) is 3.27. The number of benzene rings is 2. The summed E-state index contributed by atoms with van der Waals surface area (Å²) in [5, 5.41) is 1.04. The van der Waals surface area contributed by atoms with Crippen molar-refractivity contribution < 1.29 is 14.3 Å². The van der Waals surface area contributed by atoms with Crippen LogP contribution in [-0.2, 0) is 11.3 Å². The van der Waals surface area contributed by atoms with Crippen LogP contribution in [0.2, 0.25) is 10.0 Å². The van der Waals surface area contributed by atoms with Crippen LogP contribution in [0.3, 0.4) is 0 Å². The van der Waals surface area contributed by atoms with Gasteiger partial charge in [0.05, 0.1) is 18.2 Å². The molecular weight excluding hydrogens is 425 g/mol. The first-order valence-electron chi connectivity index (χ1n) is 9.69. The van der Waals surface area contributed by atoms with E-state index < -0.39 is 0 Å². The number of carbonyl (C=O) groups is 1. The summed E-state index contributed by atoms with van der Waals surface area (Å²) in [6.45, 7) is 1.32. The number of ether oxygens (including phenoxy) is 2. The van der Waals surface area contributed by atoms with Crippen LogP contribution >= 0.6 is 23.2 Å². The fraction of sp³-hybridized carbons (Fsp3) is 0.273. The molecule has 1 amide bonds. The smallest absolute Gasteiger partial charge is 0.410 e. The van der Waals surface area contributed by atoms with Crippen LogP contribution < -0.4 is 4.74 Å². The van der Waals surface area contributed by atoms with Gasteiger partial charge in [-0.05, 0) is 53.6 Å². The van der Waals surface area contributed by atoms with Gasteiger partial charge in [-0.15, -0.1) is 0 Å². The van der Waals surface area contributed by atoms with Gasteiger partial charge >= 0.3 is 6.09 Å². The number of imidazole rings is 1. The molecule has 2 heterocycles. The molecule has 3 aromatic rings. The number of nitrogens with one attached hydrogen (secondary N) is 1. The van der Waals surface area contributed by atoms with Crippen LogP contribution in [0.5, 0.6) is 5.75 Å². The van der Waals surface area contributed by atoms with Gasteiger partial charge in [0, 0.05) is 36.0 Å². The number of nitrogens with zero attached hydrogens (tertiary/aromatic N) is 2. The van der Waals surface area contributed by atoms with Crippen molar-refractivity contribution >= 4 is 29.3 Å². The van der Waals surface area contributed by atoms with E-state index in [1.54, 1.807) is 35.6 Å². The Labute approximate surface area is 184 Å². The molecule has 1 aromatic heterocycles. The normalized spacial score (nSPS) is 14.5. The van der Waals surface area contributed by atoms with Crippen molar-refractivity contribution in [3.8, 4) is 17.0 Å². The Kier molecular flexibility index (Phi) is 6.45. The van der Waals surface area contributed by atoms with Crippen molar-refractivity contribution in [2.75, 3.05) is 13.1 Å². The summed E-state index contributed by atoms with van der Waals surface area (Å²) in [7, 11) is 0. The van der Waals surface area contributed by atoms with Gasteiger partial charge in [-0.2, -0.15) is 0 Å². The molecule has 4 rings (SSSR count). The van der Waals surface area contributed by atoms with Crippen LogP contribution in [-0.4, -0.2) is 40.2 Å². The number of rotatable bonds is 5. The van der Waals surface area contributed by atoms with Crippen LogP contribution in [0.1, 0.15) is 18.4 Å². The largest absolute Gasteiger partial charge is 0.490 e. The molecule has 0 atom stereocenters. The van der Waals surface area contributed by atoms with E-state index in [1.165, 1.54) is 0 Å². The van der Waals surface area contributed by atoms with Crippen LogP contribution in [0, 0.1) is 0 Å². The number of amides is 1. The third-order valence-electron chi connectivity index (χ3n) is 4.95. The lowest BCUT2D eigenvalue weighted by Gasteiger charge is -2.31. The highest BCUT2D eigenvalue weighted by Gasteiger charge is 2.25. The number of likely N-dealkylation sites (tertiary alicyclic amines) is 1. The van der Waals surface area contributed by atoms with Gasteiger partial charge in [0.15, 0.2) is 0 Å². The maximum Gasteiger partial charge on any atom is 0.410 e. The second-order valence-electron chi connectivity index (χ2n) is 7.13. The summed E-state index contributed by atoms with van der Waals surface area (Å²) < 4.78 is 11.5. The molecule has 156 valence electrons. The molecule has 0 radical (unpaired) electrons. The Morgan fingerprint density at radius 2 is 1.80 bits per heavy atom. The molecule has 1 N–H and O–H groups in total. The molecule has 0 saturated carbocycles. The molecule has 0 bridgehead atoms. The highest BCUT2D eigenvalue weighted by molar-refractivity contribution is 6.34. The molecule has 2 aromatic carbocycles. The lowest BCUT2D eigenvalue weighted by molar-refractivity contribution is 0.0638. The molecule has 1 saturated heterocycles. The van der Waals surface area contributed by atoms with Crippen molar-refractivity contribution in [3.05, 3.63) is 70.6 Å². The third-order valence-corrected chi connectivity index (χ3v) is 5.39. The van der Waals surface area contributed by atoms with Gasteiger partial charge in [-0.25, -0.2) is 9.78 Å². The zero-order valence-corrected chi connectivity index (χ0v) is 17.7. The van der Waals surface area contributed by atoms with E-state index in [0.717, 1.165) is 35.4 Å². The van der Waals surface area contributed by atoms with Crippen molar-refractivity contribution in [2.24, 2.45) is 0 Å². The summed E-state index contributed by atoms with van der Waals surface area (Å²) in [4.78, 5) is 21.2. The predicted molar refractivity (Wildman–Crippen MR) is 116 cm³/mol. The Hall–Kier alpha value is -2.70. The van der Waals surface area contributed by atoms with E-state index in [2.05, 4.69) is 9.97 Å². The number of halogens is 2. The minimum atomic E-state index is -0.339. The maximum atomic E-state index is 12.3. The molecule has 0 unspecified atom stereocenters. The van der Waals surface area contributed by atoms with Gasteiger partial charge in [0.25, 0.3) is 0 Å². The topological polar surface area (TPSA) is 67.4 Å². The number of aromatic nitrogens is 2. The molecule has 1 fully saturated rings. The van der Waals surface area contributed by atoms with Crippen LogP contribution in [0.15, 0.2) is 55.0 Å². The predicted octanol–water partition coefficient (Wildman–Crippen LogP) is 5.56. The molecule has 0 spiro atoms. The van der Waals surface area contributed by atoms with E-state index in [-0.39, 0.29) is 18.8 Å². The first-order chi connectivity index (χ1) is 14.6. The van der Waals surface area contributed by atoms with Gasteiger partial charge < -0.3 is 19.4 Å². The number of hydrogen-bond donors (Lipinski definition) is 1. The fourth-order valence-electron chi connectivity index (χ4n) is 3.41.